The van der Waals surface area contributed by atoms with Crippen molar-refractivity contribution in [3.8, 4) is 0 Å². The molecule has 0 bridgehead atoms. The molecule has 5 nitrogen and oxygen atoms in total. The normalized spacial score (nSPS) is 20.6. The number of rotatable bonds is 3. The number of aryl methyl sites for hydroxylation is 1. The van der Waals surface area contributed by atoms with Gasteiger partial charge in [0.15, 0.2) is 5.84 Å². The van der Waals surface area contributed by atoms with E-state index in [-0.39, 0.29) is 12.4 Å². The fourth-order valence-corrected chi connectivity index (χ4v) is 2.61. The maximum atomic E-state index is 9.32. The molecule has 1 atom stereocenters. The Labute approximate surface area is 113 Å². The summed E-state index contributed by atoms with van der Waals surface area (Å²) in [5, 5.41) is 21.3. The zero-order valence-electron chi connectivity index (χ0n) is 11.2. The molecule has 0 amide bonds. The van der Waals surface area contributed by atoms with Crippen molar-refractivity contribution in [3.63, 3.8) is 0 Å². The molecule has 1 aromatic carbocycles. The highest BCUT2D eigenvalue weighted by Gasteiger charge is 2.22. The summed E-state index contributed by atoms with van der Waals surface area (Å²) < 4.78 is 0. The van der Waals surface area contributed by atoms with Crippen molar-refractivity contribution in [1.82, 2.24) is 0 Å². The molecule has 1 fully saturated rings. The van der Waals surface area contributed by atoms with E-state index in [1.54, 1.807) is 0 Å². The van der Waals surface area contributed by atoms with E-state index in [1.165, 1.54) is 0 Å². The van der Waals surface area contributed by atoms with Crippen LogP contribution in [-0.2, 0) is 0 Å². The lowest BCUT2D eigenvalue weighted by atomic mass is 9.97. The van der Waals surface area contributed by atoms with Crippen LogP contribution in [0.1, 0.15) is 24.0 Å². The van der Waals surface area contributed by atoms with Crippen molar-refractivity contribution in [3.05, 3.63) is 29.3 Å². The number of nitrogens with zero attached hydrogens (tertiary/aromatic N) is 2. The van der Waals surface area contributed by atoms with Crippen molar-refractivity contribution < 1.29 is 10.3 Å². The number of hydrogen-bond acceptors (Lipinski definition) is 4. The van der Waals surface area contributed by atoms with E-state index in [0.29, 0.717) is 5.92 Å². The van der Waals surface area contributed by atoms with E-state index in [1.807, 2.05) is 25.1 Å². The molecule has 0 radical (unpaired) electrons. The lowest BCUT2D eigenvalue weighted by Gasteiger charge is -2.34. The Hall–Kier alpha value is -1.75. The van der Waals surface area contributed by atoms with Crippen LogP contribution in [0.15, 0.2) is 23.4 Å². The topological polar surface area (TPSA) is 82.1 Å². The Morgan fingerprint density at radius 3 is 3.00 bits per heavy atom. The molecule has 5 heteroatoms. The van der Waals surface area contributed by atoms with Gasteiger partial charge in [0.05, 0.1) is 0 Å². The molecule has 4 N–H and O–H groups in total. The molecule has 1 aliphatic heterocycles. The van der Waals surface area contributed by atoms with E-state index in [4.69, 9.17) is 10.9 Å². The average Bonchev–Trinajstić information content (AvgIpc) is 2.46. The predicted octanol–water partition coefficient (Wildman–Crippen LogP) is 1.30. The van der Waals surface area contributed by atoms with Gasteiger partial charge in [-0.05, 0) is 43.4 Å². The Morgan fingerprint density at radius 1 is 1.53 bits per heavy atom. The van der Waals surface area contributed by atoms with E-state index in [2.05, 4.69) is 10.1 Å². The van der Waals surface area contributed by atoms with Gasteiger partial charge in [0.25, 0.3) is 0 Å². The third kappa shape index (κ3) is 2.98. The Balaban J connectivity index is 2.34. The molecule has 1 heterocycles. The standard InChI is InChI=1S/C14H21N3O2/c1-10-4-5-12(14(15)16-19)13(7-10)17-6-2-3-11(8-17)9-18/h4-5,7,11,18-19H,2-3,6,8-9H2,1H3,(H2,15,16). The van der Waals surface area contributed by atoms with Crippen LogP contribution in [0.3, 0.4) is 0 Å². The van der Waals surface area contributed by atoms with Crippen molar-refractivity contribution in [2.24, 2.45) is 16.8 Å². The number of aliphatic hydroxyl groups is 1. The lowest BCUT2D eigenvalue weighted by Crippen LogP contribution is -2.38. The first kappa shape index (κ1) is 13.7. The molecule has 1 aromatic rings. The molecule has 104 valence electrons. The number of benzene rings is 1. The first-order valence-electron chi connectivity index (χ1n) is 6.60. The number of amidine groups is 1. The van der Waals surface area contributed by atoms with Gasteiger partial charge in [0.2, 0.25) is 0 Å². The minimum atomic E-state index is 0.126. The smallest absolute Gasteiger partial charge is 0.172 e. The van der Waals surface area contributed by atoms with Crippen LogP contribution in [-0.4, -0.2) is 35.8 Å². The minimum Gasteiger partial charge on any atom is -0.409 e. The highest BCUT2D eigenvalue weighted by molar-refractivity contribution is 6.02. The zero-order valence-corrected chi connectivity index (χ0v) is 11.2. The third-order valence-electron chi connectivity index (χ3n) is 3.65. The van der Waals surface area contributed by atoms with Gasteiger partial charge >= 0.3 is 0 Å². The Kier molecular flexibility index (Phi) is 4.27. The Morgan fingerprint density at radius 2 is 2.32 bits per heavy atom. The second-order valence-electron chi connectivity index (χ2n) is 5.14. The first-order valence-corrected chi connectivity index (χ1v) is 6.60. The number of piperidine rings is 1. The minimum absolute atomic E-state index is 0.126. The van der Waals surface area contributed by atoms with Gasteiger partial charge in [-0.3, -0.25) is 0 Å². The molecule has 19 heavy (non-hydrogen) atoms. The zero-order chi connectivity index (χ0) is 13.8. The maximum absolute atomic E-state index is 9.32. The van der Waals surface area contributed by atoms with Crippen LogP contribution in [0.4, 0.5) is 5.69 Å². The van der Waals surface area contributed by atoms with E-state index < -0.39 is 0 Å². The molecule has 1 aliphatic rings. The van der Waals surface area contributed by atoms with Gasteiger partial charge in [-0.1, -0.05) is 11.2 Å². The molecule has 0 aromatic heterocycles. The largest absolute Gasteiger partial charge is 0.409 e. The van der Waals surface area contributed by atoms with Crippen LogP contribution >= 0.6 is 0 Å². The molecule has 1 saturated heterocycles. The van der Waals surface area contributed by atoms with Crippen molar-refractivity contribution in [2.75, 3.05) is 24.6 Å². The second-order valence-corrected chi connectivity index (χ2v) is 5.14. The SMILES string of the molecule is Cc1ccc(C(N)=NO)c(N2CCCC(CO)C2)c1. The quantitative estimate of drug-likeness (QED) is 0.332. The van der Waals surface area contributed by atoms with Gasteiger partial charge in [-0.25, -0.2) is 0 Å². The van der Waals surface area contributed by atoms with Crippen LogP contribution in [0.2, 0.25) is 0 Å². The number of anilines is 1. The van der Waals surface area contributed by atoms with Crippen molar-refractivity contribution in [1.29, 1.82) is 0 Å². The van der Waals surface area contributed by atoms with Crippen molar-refractivity contribution in [2.45, 2.75) is 19.8 Å². The molecule has 2 rings (SSSR count). The van der Waals surface area contributed by atoms with Crippen LogP contribution in [0, 0.1) is 12.8 Å². The molecule has 0 spiro atoms. The van der Waals surface area contributed by atoms with Crippen LogP contribution in [0.25, 0.3) is 0 Å². The maximum Gasteiger partial charge on any atom is 0.172 e. The second kappa shape index (κ2) is 5.93. The fourth-order valence-electron chi connectivity index (χ4n) is 2.61. The van der Waals surface area contributed by atoms with Crippen LogP contribution in [0.5, 0.6) is 0 Å². The summed E-state index contributed by atoms with van der Waals surface area (Å²) in [6.07, 6.45) is 2.10. The lowest BCUT2D eigenvalue weighted by molar-refractivity contribution is 0.208. The average molecular weight is 263 g/mol. The van der Waals surface area contributed by atoms with Gasteiger partial charge in [-0.2, -0.15) is 0 Å². The Bertz CT molecular complexity index is 474. The summed E-state index contributed by atoms with van der Waals surface area (Å²) in [5.74, 6) is 0.426. The van der Waals surface area contributed by atoms with Crippen LogP contribution < -0.4 is 10.6 Å². The van der Waals surface area contributed by atoms with Gasteiger partial charge in [-0.15, -0.1) is 0 Å². The summed E-state index contributed by atoms with van der Waals surface area (Å²) in [6, 6.07) is 5.87. The molecular formula is C14H21N3O2. The van der Waals surface area contributed by atoms with Crippen molar-refractivity contribution >= 4 is 11.5 Å². The van der Waals surface area contributed by atoms with Gasteiger partial charge in [0, 0.05) is 30.9 Å². The van der Waals surface area contributed by atoms with Gasteiger partial charge in [0.1, 0.15) is 0 Å². The highest BCUT2D eigenvalue weighted by Crippen LogP contribution is 2.27. The van der Waals surface area contributed by atoms with E-state index >= 15 is 0 Å². The summed E-state index contributed by atoms with van der Waals surface area (Å²) in [7, 11) is 0. The van der Waals surface area contributed by atoms with E-state index in [9.17, 15) is 5.11 Å². The number of hydrogen-bond donors (Lipinski definition) is 3. The third-order valence-corrected chi connectivity index (χ3v) is 3.65. The number of oxime groups is 1. The number of nitrogens with two attached hydrogens (primary N) is 1. The molecule has 0 aliphatic carbocycles. The summed E-state index contributed by atoms with van der Waals surface area (Å²) in [6.45, 7) is 3.98. The molecular weight excluding hydrogens is 242 g/mol. The fraction of sp³-hybridized carbons (Fsp3) is 0.500. The monoisotopic (exact) mass is 263 g/mol. The number of aliphatic hydroxyl groups excluding tert-OH is 1. The first-order chi connectivity index (χ1) is 9.15. The highest BCUT2D eigenvalue weighted by atomic mass is 16.4. The summed E-state index contributed by atoms with van der Waals surface area (Å²) in [5.41, 5.74) is 8.60. The molecule has 1 unspecified atom stereocenters. The predicted molar refractivity (Wildman–Crippen MR) is 75.7 cm³/mol. The van der Waals surface area contributed by atoms with E-state index in [0.717, 1.165) is 42.7 Å². The summed E-state index contributed by atoms with van der Waals surface area (Å²) >= 11 is 0. The molecule has 0 saturated carbocycles. The van der Waals surface area contributed by atoms with Gasteiger partial charge < -0.3 is 20.9 Å². The summed E-state index contributed by atoms with van der Waals surface area (Å²) in [4.78, 5) is 2.21.